The lowest BCUT2D eigenvalue weighted by Gasteiger charge is -2.26. The molecule has 1 unspecified atom stereocenters. The van der Waals surface area contributed by atoms with E-state index < -0.39 is 0 Å². The number of fused-ring (bicyclic) bond motifs is 1. The monoisotopic (exact) mass is 491 g/mol. The molecular weight excluding hydrogens is 482 g/mol. The molecule has 1 aliphatic heterocycles. The number of nitrogens with zero attached hydrogens (tertiary/aromatic N) is 1. The molecular formula is C15H12Br3NOS. The Bertz CT molecular complexity index is 713. The van der Waals surface area contributed by atoms with Crippen LogP contribution in [0.1, 0.15) is 27.9 Å². The third-order valence-electron chi connectivity index (χ3n) is 3.70. The maximum absolute atomic E-state index is 11.8. The van der Waals surface area contributed by atoms with Gasteiger partial charge in [-0.25, -0.2) is 0 Å². The summed E-state index contributed by atoms with van der Waals surface area (Å²) in [5.41, 5.74) is 4.69. The molecule has 3 rings (SSSR count). The number of amides is 1. The molecule has 0 spiro atoms. The van der Waals surface area contributed by atoms with Crippen molar-refractivity contribution >= 4 is 70.7 Å². The molecule has 0 bridgehead atoms. The number of hydrogen-bond donors (Lipinski definition) is 0. The van der Waals surface area contributed by atoms with Crippen molar-refractivity contribution in [2.24, 2.45) is 0 Å². The Hall–Kier alpha value is -0.170. The van der Waals surface area contributed by atoms with Crippen LogP contribution >= 0.6 is 59.1 Å². The molecule has 6 heteroatoms. The summed E-state index contributed by atoms with van der Waals surface area (Å²) in [5, 5.41) is 0. The topological polar surface area (TPSA) is 20.3 Å². The molecule has 2 aromatic rings. The van der Waals surface area contributed by atoms with E-state index in [4.69, 9.17) is 0 Å². The number of rotatable bonds is 2. The fourth-order valence-electron chi connectivity index (χ4n) is 2.54. The van der Waals surface area contributed by atoms with Gasteiger partial charge in [-0.3, -0.25) is 4.79 Å². The summed E-state index contributed by atoms with van der Waals surface area (Å²) >= 11 is 12.6. The summed E-state index contributed by atoms with van der Waals surface area (Å²) in [6, 6.07) is 8.47. The highest BCUT2D eigenvalue weighted by atomic mass is 79.9. The van der Waals surface area contributed by atoms with E-state index in [-0.39, 0.29) is 10.7 Å². The van der Waals surface area contributed by atoms with Gasteiger partial charge in [-0.1, -0.05) is 28.1 Å². The average molecular weight is 494 g/mol. The minimum Gasteiger partial charge on any atom is -0.315 e. The zero-order valence-electron chi connectivity index (χ0n) is 11.2. The summed E-state index contributed by atoms with van der Waals surface area (Å²) < 4.78 is 2.23. The minimum absolute atomic E-state index is 0.141. The molecule has 1 amide bonds. The van der Waals surface area contributed by atoms with Crippen molar-refractivity contribution in [3.8, 4) is 0 Å². The summed E-state index contributed by atoms with van der Waals surface area (Å²) in [4.78, 5) is 13.6. The van der Waals surface area contributed by atoms with Crippen molar-refractivity contribution in [3.63, 3.8) is 0 Å². The van der Waals surface area contributed by atoms with Gasteiger partial charge in [0.1, 0.15) is 0 Å². The van der Waals surface area contributed by atoms with E-state index in [0.717, 1.165) is 19.7 Å². The maximum atomic E-state index is 11.8. The lowest BCUT2D eigenvalue weighted by Crippen LogP contribution is -2.31. The van der Waals surface area contributed by atoms with Gasteiger partial charge in [0.05, 0.1) is 12.4 Å². The van der Waals surface area contributed by atoms with Crippen LogP contribution in [0.3, 0.4) is 0 Å². The SMILES string of the molecule is CN1C(=O)CCc2cc(C(Br)c3cc(Br)sc3Br)ccc21. The van der Waals surface area contributed by atoms with Crippen LogP contribution in [0.25, 0.3) is 0 Å². The number of anilines is 1. The van der Waals surface area contributed by atoms with E-state index >= 15 is 0 Å². The van der Waals surface area contributed by atoms with Crippen LogP contribution in [-0.4, -0.2) is 13.0 Å². The molecule has 110 valence electrons. The Kier molecular flexibility index (Phi) is 4.60. The smallest absolute Gasteiger partial charge is 0.227 e. The van der Waals surface area contributed by atoms with E-state index in [9.17, 15) is 4.79 Å². The second kappa shape index (κ2) is 6.14. The molecule has 21 heavy (non-hydrogen) atoms. The fourth-order valence-corrected chi connectivity index (χ4v) is 6.55. The molecule has 2 nitrogen and oxygen atoms in total. The number of aryl methyl sites for hydroxylation is 1. The molecule has 0 radical (unpaired) electrons. The summed E-state index contributed by atoms with van der Waals surface area (Å²) in [7, 11) is 1.85. The van der Waals surface area contributed by atoms with Gasteiger partial charge in [-0.15, -0.1) is 11.3 Å². The molecule has 0 N–H and O–H groups in total. The Morgan fingerprint density at radius 2 is 2.00 bits per heavy atom. The standard InChI is InChI=1S/C15H12Br3NOS/c1-19-11-4-2-9(6-8(11)3-5-13(19)20)14(17)10-7-12(16)21-15(10)18/h2,4,6-7,14H,3,5H2,1H3. The van der Waals surface area contributed by atoms with E-state index in [2.05, 4.69) is 66.0 Å². The summed E-state index contributed by atoms with van der Waals surface area (Å²) in [6.07, 6.45) is 1.41. The number of benzene rings is 1. The third kappa shape index (κ3) is 3.00. The molecule has 0 saturated carbocycles. The van der Waals surface area contributed by atoms with Gasteiger partial charge in [0.2, 0.25) is 5.91 Å². The van der Waals surface area contributed by atoms with Crippen LogP contribution in [0, 0.1) is 0 Å². The van der Waals surface area contributed by atoms with Crippen molar-refractivity contribution in [3.05, 3.63) is 48.5 Å². The first-order valence-corrected chi connectivity index (χ1v) is 9.77. The summed E-state index contributed by atoms with van der Waals surface area (Å²) in [6.45, 7) is 0. The van der Waals surface area contributed by atoms with Crippen molar-refractivity contribution < 1.29 is 4.79 Å². The van der Waals surface area contributed by atoms with Crippen LogP contribution in [0.15, 0.2) is 31.8 Å². The molecule has 0 saturated heterocycles. The Morgan fingerprint density at radius 3 is 2.67 bits per heavy atom. The quantitative estimate of drug-likeness (QED) is 0.494. The maximum Gasteiger partial charge on any atom is 0.227 e. The predicted molar refractivity (Wildman–Crippen MR) is 98.7 cm³/mol. The van der Waals surface area contributed by atoms with Gasteiger partial charge in [-0.2, -0.15) is 0 Å². The van der Waals surface area contributed by atoms with Crippen molar-refractivity contribution in [1.29, 1.82) is 0 Å². The van der Waals surface area contributed by atoms with Gasteiger partial charge < -0.3 is 4.90 Å². The van der Waals surface area contributed by atoms with Crippen LogP contribution in [0.5, 0.6) is 0 Å². The Morgan fingerprint density at radius 1 is 1.24 bits per heavy atom. The second-order valence-electron chi connectivity index (χ2n) is 4.98. The van der Waals surface area contributed by atoms with E-state index in [1.807, 2.05) is 13.1 Å². The zero-order valence-corrected chi connectivity index (χ0v) is 16.8. The van der Waals surface area contributed by atoms with Crippen LogP contribution < -0.4 is 4.90 Å². The van der Waals surface area contributed by atoms with Crippen molar-refractivity contribution in [2.45, 2.75) is 17.7 Å². The van der Waals surface area contributed by atoms with Gasteiger partial charge >= 0.3 is 0 Å². The number of halogens is 3. The first-order valence-electron chi connectivity index (χ1n) is 6.45. The number of carbonyl (C=O) groups excluding carboxylic acids is 1. The van der Waals surface area contributed by atoms with Crippen molar-refractivity contribution in [1.82, 2.24) is 0 Å². The highest BCUT2D eigenvalue weighted by Crippen LogP contribution is 2.43. The summed E-state index contributed by atoms with van der Waals surface area (Å²) in [5.74, 6) is 0.190. The average Bonchev–Trinajstić information content (AvgIpc) is 2.80. The van der Waals surface area contributed by atoms with Crippen LogP contribution in [0.4, 0.5) is 5.69 Å². The zero-order chi connectivity index (χ0) is 15.1. The normalized spacial score (nSPS) is 16.0. The largest absolute Gasteiger partial charge is 0.315 e. The number of hydrogen-bond acceptors (Lipinski definition) is 2. The van der Waals surface area contributed by atoms with E-state index in [0.29, 0.717) is 6.42 Å². The minimum atomic E-state index is 0.141. The molecule has 2 heterocycles. The van der Waals surface area contributed by atoms with Crippen LogP contribution in [0.2, 0.25) is 0 Å². The number of alkyl halides is 1. The molecule has 1 atom stereocenters. The lowest BCUT2D eigenvalue weighted by molar-refractivity contribution is -0.118. The molecule has 1 aliphatic rings. The van der Waals surface area contributed by atoms with Gasteiger partial charge in [0, 0.05) is 19.2 Å². The molecule has 0 fully saturated rings. The third-order valence-corrected chi connectivity index (χ3v) is 7.10. The Labute approximate surface area is 152 Å². The second-order valence-corrected chi connectivity index (χ2v) is 9.65. The number of thiophene rings is 1. The highest BCUT2D eigenvalue weighted by Gasteiger charge is 2.23. The lowest BCUT2D eigenvalue weighted by atomic mass is 9.97. The van der Waals surface area contributed by atoms with E-state index in [1.165, 1.54) is 16.7 Å². The van der Waals surface area contributed by atoms with E-state index in [1.54, 1.807) is 16.2 Å². The van der Waals surface area contributed by atoms with Gasteiger partial charge in [0.25, 0.3) is 0 Å². The molecule has 0 aliphatic carbocycles. The van der Waals surface area contributed by atoms with Crippen LogP contribution in [-0.2, 0) is 11.2 Å². The fraction of sp³-hybridized carbons (Fsp3) is 0.267. The Balaban J connectivity index is 1.97. The predicted octanol–water partition coefficient (Wildman–Crippen LogP) is 5.67. The van der Waals surface area contributed by atoms with Gasteiger partial charge in [-0.05, 0) is 67.1 Å². The first kappa shape index (κ1) is 15.7. The first-order chi connectivity index (χ1) is 9.97. The van der Waals surface area contributed by atoms with Gasteiger partial charge in [0.15, 0.2) is 0 Å². The molecule has 1 aromatic heterocycles. The molecule has 1 aromatic carbocycles. The van der Waals surface area contributed by atoms with Crippen molar-refractivity contribution in [2.75, 3.05) is 11.9 Å². The highest BCUT2D eigenvalue weighted by molar-refractivity contribution is 9.12. The number of carbonyl (C=O) groups is 1.